The van der Waals surface area contributed by atoms with Gasteiger partial charge in [0, 0.05) is 25.0 Å². The topological polar surface area (TPSA) is 44.1 Å². The summed E-state index contributed by atoms with van der Waals surface area (Å²) in [6, 6.07) is 8.12. The maximum absolute atomic E-state index is 12.3. The summed E-state index contributed by atoms with van der Waals surface area (Å²) in [5.41, 5.74) is 2.00. The van der Waals surface area contributed by atoms with Crippen molar-refractivity contribution in [2.75, 3.05) is 6.61 Å². The molecule has 2 heterocycles. The highest BCUT2D eigenvalue weighted by Crippen LogP contribution is 2.21. The zero-order valence-corrected chi connectivity index (χ0v) is 12.5. The van der Waals surface area contributed by atoms with E-state index >= 15 is 0 Å². The van der Waals surface area contributed by atoms with E-state index in [1.165, 1.54) is 6.42 Å². The van der Waals surface area contributed by atoms with Gasteiger partial charge in [0.05, 0.1) is 23.7 Å². The molecular formula is C17H22N2O2. The smallest absolute Gasteiger partial charge is 0.141 e. The van der Waals surface area contributed by atoms with Gasteiger partial charge in [0.1, 0.15) is 5.78 Å². The number of hydrogen-bond acceptors (Lipinski definition) is 3. The van der Waals surface area contributed by atoms with E-state index in [4.69, 9.17) is 4.74 Å². The molecule has 1 aromatic carbocycles. The average Bonchev–Trinajstić information content (AvgIpc) is 2.86. The van der Waals surface area contributed by atoms with Crippen LogP contribution in [0.5, 0.6) is 0 Å². The first-order chi connectivity index (χ1) is 10.3. The van der Waals surface area contributed by atoms with Gasteiger partial charge in [-0.3, -0.25) is 9.48 Å². The molecule has 1 fully saturated rings. The molecule has 4 nitrogen and oxygen atoms in total. The SMILES string of the molecule is CCn1nc(CC(=O)CC2CCCCO2)c2ccccc21. The Morgan fingerprint density at radius 1 is 1.38 bits per heavy atom. The lowest BCUT2D eigenvalue weighted by molar-refractivity contribution is -0.122. The number of Topliss-reactive ketones (excluding diaryl/α,β-unsaturated/α-hetero) is 1. The third-order valence-electron chi connectivity index (χ3n) is 4.13. The monoisotopic (exact) mass is 286 g/mol. The molecule has 0 aliphatic carbocycles. The van der Waals surface area contributed by atoms with E-state index in [1.54, 1.807) is 0 Å². The van der Waals surface area contributed by atoms with E-state index in [1.807, 2.05) is 22.9 Å². The second-order valence-corrected chi connectivity index (χ2v) is 5.69. The van der Waals surface area contributed by atoms with Crippen molar-refractivity contribution in [3.8, 4) is 0 Å². The maximum atomic E-state index is 12.3. The summed E-state index contributed by atoms with van der Waals surface area (Å²) in [6.07, 6.45) is 4.35. The third kappa shape index (κ3) is 3.16. The number of rotatable bonds is 5. The summed E-state index contributed by atoms with van der Waals surface area (Å²) in [5, 5.41) is 5.69. The summed E-state index contributed by atoms with van der Waals surface area (Å²) in [5.74, 6) is 0.230. The van der Waals surface area contributed by atoms with Gasteiger partial charge in [-0.1, -0.05) is 18.2 Å². The molecular weight excluding hydrogens is 264 g/mol. The fraction of sp³-hybridized carbons (Fsp3) is 0.529. The number of benzene rings is 1. The highest BCUT2D eigenvalue weighted by molar-refractivity contribution is 5.88. The van der Waals surface area contributed by atoms with Crippen molar-refractivity contribution in [2.45, 2.75) is 51.7 Å². The molecule has 0 radical (unpaired) electrons. The first-order valence-electron chi connectivity index (χ1n) is 7.85. The molecule has 0 saturated carbocycles. The zero-order chi connectivity index (χ0) is 14.7. The van der Waals surface area contributed by atoms with E-state index < -0.39 is 0 Å². The highest BCUT2D eigenvalue weighted by atomic mass is 16.5. The number of para-hydroxylation sites is 1. The quantitative estimate of drug-likeness (QED) is 0.848. The number of aryl methyl sites for hydroxylation is 1. The minimum Gasteiger partial charge on any atom is -0.378 e. The first-order valence-corrected chi connectivity index (χ1v) is 7.85. The lowest BCUT2D eigenvalue weighted by Crippen LogP contribution is -2.23. The fourth-order valence-electron chi connectivity index (χ4n) is 3.05. The van der Waals surface area contributed by atoms with Crippen molar-refractivity contribution >= 4 is 16.7 Å². The summed E-state index contributed by atoms with van der Waals surface area (Å²) in [4.78, 5) is 12.3. The normalized spacial score (nSPS) is 19.0. The molecule has 0 bridgehead atoms. The van der Waals surface area contributed by atoms with Crippen LogP contribution >= 0.6 is 0 Å². The number of aromatic nitrogens is 2. The third-order valence-corrected chi connectivity index (χ3v) is 4.13. The van der Waals surface area contributed by atoms with E-state index in [0.717, 1.165) is 42.6 Å². The van der Waals surface area contributed by atoms with Crippen molar-refractivity contribution in [3.05, 3.63) is 30.0 Å². The molecule has 4 heteroatoms. The Kier molecular flexibility index (Phi) is 4.34. The molecule has 0 N–H and O–H groups in total. The molecule has 3 rings (SSSR count). The van der Waals surface area contributed by atoms with E-state index in [0.29, 0.717) is 12.8 Å². The van der Waals surface area contributed by atoms with Crippen molar-refractivity contribution in [3.63, 3.8) is 0 Å². The lowest BCUT2D eigenvalue weighted by atomic mass is 10.0. The zero-order valence-electron chi connectivity index (χ0n) is 12.5. The van der Waals surface area contributed by atoms with Crippen molar-refractivity contribution < 1.29 is 9.53 Å². The van der Waals surface area contributed by atoms with Crippen molar-refractivity contribution in [1.82, 2.24) is 9.78 Å². The number of carbonyl (C=O) groups excluding carboxylic acids is 1. The average molecular weight is 286 g/mol. The lowest BCUT2D eigenvalue weighted by Gasteiger charge is -2.21. The summed E-state index contributed by atoms with van der Waals surface area (Å²) < 4.78 is 7.62. The number of ketones is 1. The standard InChI is InChI=1S/C17H22N2O2/c1-2-19-17-9-4-3-8-15(17)16(18-19)12-13(20)11-14-7-5-6-10-21-14/h3-4,8-9,14H,2,5-7,10-12H2,1H3. The molecule has 1 saturated heterocycles. The van der Waals surface area contributed by atoms with Crippen LogP contribution in [0.1, 0.15) is 38.3 Å². The Bertz CT molecular complexity index is 627. The first kappa shape index (κ1) is 14.3. The van der Waals surface area contributed by atoms with Gasteiger partial charge in [-0.2, -0.15) is 5.10 Å². The van der Waals surface area contributed by atoms with Crippen molar-refractivity contribution in [2.24, 2.45) is 0 Å². The molecule has 21 heavy (non-hydrogen) atoms. The van der Waals surface area contributed by atoms with Gasteiger partial charge in [0.15, 0.2) is 0 Å². The summed E-state index contributed by atoms with van der Waals surface area (Å²) in [7, 11) is 0. The van der Waals surface area contributed by atoms with Crippen LogP contribution in [0.4, 0.5) is 0 Å². The number of fused-ring (bicyclic) bond motifs is 1. The maximum Gasteiger partial charge on any atom is 0.141 e. The Hall–Kier alpha value is -1.68. The molecule has 1 aliphatic heterocycles. The van der Waals surface area contributed by atoms with E-state index in [9.17, 15) is 4.79 Å². The van der Waals surface area contributed by atoms with E-state index in [-0.39, 0.29) is 11.9 Å². The second-order valence-electron chi connectivity index (χ2n) is 5.69. The molecule has 0 spiro atoms. The Labute approximate surface area is 125 Å². The number of carbonyl (C=O) groups is 1. The number of hydrogen-bond donors (Lipinski definition) is 0. The van der Waals surface area contributed by atoms with Crippen LogP contribution in [-0.4, -0.2) is 28.3 Å². The summed E-state index contributed by atoms with van der Waals surface area (Å²) >= 11 is 0. The highest BCUT2D eigenvalue weighted by Gasteiger charge is 2.19. The minimum absolute atomic E-state index is 0.116. The van der Waals surface area contributed by atoms with Crippen molar-refractivity contribution in [1.29, 1.82) is 0 Å². The van der Waals surface area contributed by atoms with Gasteiger partial charge in [-0.15, -0.1) is 0 Å². The summed E-state index contributed by atoms with van der Waals surface area (Å²) in [6.45, 7) is 3.69. The Morgan fingerprint density at radius 2 is 2.24 bits per heavy atom. The number of nitrogens with zero attached hydrogens (tertiary/aromatic N) is 2. The molecule has 1 atom stereocenters. The molecule has 1 aromatic heterocycles. The van der Waals surface area contributed by atoms with Crippen LogP contribution in [-0.2, 0) is 22.5 Å². The largest absolute Gasteiger partial charge is 0.378 e. The van der Waals surface area contributed by atoms with Crippen LogP contribution in [0.3, 0.4) is 0 Å². The van der Waals surface area contributed by atoms with Crippen LogP contribution in [0.25, 0.3) is 10.9 Å². The van der Waals surface area contributed by atoms with Gasteiger partial charge in [-0.05, 0) is 32.3 Å². The minimum atomic E-state index is 0.116. The molecule has 2 aromatic rings. The van der Waals surface area contributed by atoms with Gasteiger partial charge in [0.25, 0.3) is 0 Å². The van der Waals surface area contributed by atoms with Gasteiger partial charge in [-0.25, -0.2) is 0 Å². The van der Waals surface area contributed by atoms with E-state index in [2.05, 4.69) is 18.1 Å². The Balaban J connectivity index is 1.73. The van der Waals surface area contributed by atoms with Crippen LogP contribution < -0.4 is 0 Å². The van der Waals surface area contributed by atoms with Crippen LogP contribution in [0.2, 0.25) is 0 Å². The van der Waals surface area contributed by atoms with Crippen LogP contribution in [0, 0.1) is 0 Å². The predicted molar refractivity (Wildman–Crippen MR) is 82.3 cm³/mol. The fourth-order valence-corrected chi connectivity index (χ4v) is 3.05. The molecule has 0 amide bonds. The molecule has 1 unspecified atom stereocenters. The second kappa shape index (κ2) is 6.39. The van der Waals surface area contributed by atoms with Crippen LogP contribution in [0.15, 0.2) is 24.3 Å². The van der Waals surface area contributed by atoms with Gasteiger partial charge in [0.2, 0.25) is 0 Å². The number of ether oxygens (including phenoxy) is 1. The van der Waals surface area contributed by atoms with Gasteiger partial charge >= 0.3 is 0 Å². The molecule has 1 aliphatic rings. The van der Waals surface area contributed by atoms with Gasteiger partial charge < -0.3 is 4.74 Å². The predicted octanol–water partition coefficient (Wildman–Crippen LogP) is 3.13. The Morgan fingerprint density at radius 3 is 3.00 bits per heavy atom. The molecule has 112 valence electrons.